The highest BCUT2D eigenvalue weighted by atomic mass is 16.5. The van der Waals surface area contributed by atoms with Crippen LogP contribution < -0.4 is 15.0 Å². The Labute approximate surface area is 158 Å². The number of amides is 1. The van der Waals surface area contributed by atoms with Crippen molar-refractivity contribution in [1.29, 1.82) is 0 Å². The van der Waals surface area contributed by atoms with Gasteiger partial charge < -0.3 is 15.0 Å². The van der Waals surface area contributed by atoms with Crippen LogP contribution in [0.5, 0.6) is 5.75 Å². The quantitative estimate of drug-likeness (QED) is 0.749. The summed E-state index contributed by atoms with van der Waals surface area (Å²) in [5.74, 6) is 1.20. The number of carbonyl (C=O) groups excluding carboxylic acids is 1. The minimum absolute atomic E-state index is 0.220. The van der Waals surface area contributed by atoms with Crippen LogP contribution in [0.1, 0.15) is 22.8 Å². The molecule has 2 heterocycles. The second-order valence-electron chi connectivity index (χ2n) is 6.61. The summed E-state index contributed by atoms with van der Waals surface area (Å²) in [6, 6.07) is 19.7. The van der Waals surface area contributed by atoms with Gasteiger partial charge in [-0.15, -0.1) is 0 Å². The molecule has 0 radical (unpaired) electrons. The standard InChI is InChI=1S/C22H21N3O2/c1-15-13-16-7-3-5-9-19(16)25(15)21-12-11-17(14-23-21)24-22(26)18-8-4-6-10-20(18)27-2/h3-12,14-15H,13H2,1-2H3,(H,24,26). The molecule has 0 spiro atoms. The topological polar surface area (TPSA) is 54.5 Å². The summed E-state index contributed by atoms with van der Waals surface area (Å²) in [4.78, 5) is 19.3. The van der Waals surface area contributed by atoms with E-state index in [-0.39, 0.29) is 5.91 Å². The number of aromatic nitrogens is 1. The molecule has 0 saturated carbocycles. The first kappa shape index (κ1) is 17.1. The van der Waals surface area contributed by atoms with E-state index in [9.17, 15) is 4.79 Å². The highest BCUT2D eigenvalue weighted by Gasteiger charge is 2.27. The molecule has 1 atom stereocenters. The molecule has 1 unspecified atom stereocenters. The van der Waals surface area contributed by atoms with E-state index in [4.69, 9.17) is 4.74 Å². The lowest BCUT2D eigenvalue weighted by Gasteiger charge is -2.24. The molecule has 0 fully saturated rings. The zero-order chi connectivity index (χ0) is 18.8. The van der Waals surface area contributed by atoms with Crippen molar-refractivity contribution < 1.29 is 9.53 Å². The van der Waals surface area contributed by atoms with Crippen molar-refractivity contribution in [1.82, 2.24) is 4.98 Å². The molecule has 4 rings (SSSR count). The van der Waals surface area contributed by atoms with Crippen molar-refractivity contribution in [3.05, 3.63) is 78.0 Å². The fourth-order valence-electron chi connectivity index (χ4n) is 3.55. The number of para-hydroxylation sites is 2. The summed E-state index contributed by atoms with van der Waals surface area (Å²) in [5.41, 5.74) is 3.67. The Hall–Kier alpha value is -3.34. The molecule has 2 aromatic carbocycles. The number of carbonyl (C=O) groups is 1. The van der Waals surface area contributed by atoms with Crippen molar-refractivity contribution in [3.63, 3.8) is 0 Å². The lowest BCUT2D eigenvalue weighted by molar-refractivity contribution is 0.102. The average Bonchev–Trinajstić information content (AvgIpc) is 3.04. The number of methoxy groups -OCH3 is 1. The van der Waals surface area contributed by atoms with Crippen molar-refractivity contribution in [2.75, 3.05) is 17.3 Å². The van der Waals surface area contributed by atoms with E-state index in [0.29, 0.717) is 23.0 Å². The fraction of sp³-hybridized carbons (Fsp3) is 0.182. The summed E-state index contributed by atoms with van der Waals surface area (Å²) >= 11 is 0. The number of nitrogens with zero attached hydrogens (tertiary/aromatic N) is 2. The Bertz CT molecular complexity index is 969. The van der Waals surface area contributed by atoms with Gasteiger partial charge in [0.05, 0.1) is 24.6 Å². The molecule has 5 heteroatoms. The van der Waals surface area contributed by atoms with E-state index in [2.05, 4.69) is 40.3 Å². The van der Waals surface area contributed by atoms with Crippen LogP contribution in [-0.2, 0) is 6.42 Å². The van der Waals surface area contributed by atoms with E-state index in [0.717, 1.165) is 12.2 Å². The van der Waals surface area contributed by atoms with E-state index < -0.39 is 0 Å². The Balaban J connectivity index is 1.54. The predicted octanol–water partition coefficient (Wildman–Crippen LogP) is 4.43. The van der Waals surface area contributed by atoms with E-state index in [1.165, 1.54) is 11.3 Å². The van der Waals surface area contributed by atoms with E-state index in [1.807, 2.05) is 30.3 Å². The van der Waals surface area contributed by atoms with E-state index in [1.54, 1.807) is 25.4 Å². The monoisotopic (exact) mass is 359 g/mol. The third-order valence-corrected chi connectivity index (χ3v) is 4.81. The molecule has 136 valence electrons. The van der Waals surface area contributed by atoms with Gasteiger partial charge in [0.15, 0.2) is 0 Å². The van der Waals surface area contributed by atoms with Gasteiger partial charge in [-0.2, -0.15) is 0 Å². The molecule has 3 aromatic rings. The molecule has 1 aromatic heterocycles. The van der Waals surface area contributed by atoms with Gasteiger partial charge in [0.2, 0.25) is 0 Å². The number of hydrogen-bond acceptors (Lipinski definition) is 4. The maximum atomic E-state index is 12.5. The molecule has 0 bridgehead atoms. The number of hydrogen-bond donors (Lipinski definition) is 1. The summed E-state index contributed by atoms with van der Waals surface area (Å²) in [6.45, 7) is 2.19. The molecule has 1 aliphatic rings. The molecule has 1 aliphatic heterocycles. The SMILES string of the molecule is COc1ccccc1C(=O)Nc1ccc(N2c3ccccc3CC2C)nc1. The Morgan fingerprint density at radius 1 is 1.11 bits per heavy atom. The van der Waals surface area contributed by atoms with Gasteiger partial charge in [0.1, 0.15) is 11.6 Å². The second kappa shape index (κ2) is 7.11. The normalized spacial score (nSPS) is 15.3. The highest BCUT2D eigenvalue weighted by Crippen LogP contribution is 2.37. The molecule has 1 N–H and O–H groups in total. The molecule has 0 aliphatic carbocycles. The van der Waals surface area contributed by atoms with Gasteiger partial charge in [-0.3, -0.25) is 4.79 Å². The lowest BCUT2D eigenvalue weighted by Crippen LogP contribution is -2.24. The molecule has 5 nitrogen and oxygen atoms in total. The number of ether oxygens (including phenoxy) is 1. The van der Waals surface area contributed by atoms with Crippen LogP contribution in [0.3, 0.4) is 0 Å². The molecule has 27 heavy (non-hydrogen) atoms. The van der Waals surface area contributed by atoms with Gasteiger partial charge in [0, 0.05) is 11.7 Å². The van der Waals surface area contributed by atoms with Crippen molar-refractivity contribution >= 4 is 23.1 Å². The fourth-order valence-corrected chi connectivity index (χ4v) is 3.55. The summed E-state index contributed by atoms with van der Waals surface area (Å²) in [7, 11) is 1.55. The summed E-state index contributed by atoms with van der Waals surface area (Å²) < 4.78 is 5.25. The lowest BCUT2D eigenvalue weighted by atomic mass is 10.1. The summed E-state index contributed by atoms with van der Waals surface area (Å²) in [5, 5.41) is 2.88. The molecular formula is C22H21N3O2. The van der Waals surface area contributed by atoms with Crippen molar-refractivity contribution in [2.24, 2.45) is 0 Å². The van der Waals surface area contributed by atoms with Crippen molar-refractivity contribution in [3.8, 4) is 5.75 Å². The van der Waals surface area contributed by atoms with Crippen LogP contribution in [0.25, 0.3) is 0 Å². The molecule has 1 amide bonds. The van der Waals surface area contributed by atoms with Gasteiger partial charge in [0.25, 0.3) is 5.91 Å². The second-order valence-corrected chi connectivity index (χ2v) is 6.61. The van der Waals surface area contributed by atoms with Crippen LogP contribution in [-0.4, -0.2) is 24.0 Å². The number of fused-ring (bicyclic) bond motifs is 1. The third-order valence-electron chi connectivity index (χ3n) is 4.81. The molecule has 0 saturated heterocycles. The maximum Gasteiger partial charge on any atom is 0.259 e. The predicted molar refractivity (Wildman–Crippen MR) is 107 cm³/mol. The number of rotatable bonds is 4. The van der Waals surface area contributed by atoms with Crippen LogP contribution in [0.15, 0.2) is 66.9 Å². The molecular weight excluding hydrogens is 338 g/mol. The Morgan fingerprint density at radius 2 is 1.89 bits per heavy atom. The van der Waals surface area contributed by atoms with Gasteiger partial charge in [-0.05, 0) is 49.2 Å². The summed E-state index contributed by atoms with van der Waals surface area (Å²) in [6.07, 6.45) is 2.69. The van der Waals surface area contributed by atoms with Crippen LogP contribution in [0.2, 0.25) is 0 Å². The highest BCUT2D eigenvalue weighted by molar-refractivity contribution is 6.06. The Morgan fingerprint density at radius 3 is 2.67 bits per heavy atom. The first-order valence-corrected chi connectivity index (χ1v) is 8.95. The minimum Gasteiger partial charge on any atom is -0.496 e. The van der Waals surface area contributed by atoms with Gasteiger partial charge in [-0.1, -0.05) is 30.3 Å². The first-order chi connectivity index (χ1) is 13.2. The number of benzene rings is 2. The van der Waals surface area contributed by atoms with Crippen LogP contribution in [0.4, 0.5) is 17.2 Å². The zero-order valence-corrected chi connectivity index (χ0v) is 15.3. The maximum absolute atomic E-state index is 12.5. The van der Waals surface area contributed by atoms with Gasteiger partial charge >= 0.3 is 0 Å². The van der Waals surface area contributed by atoms with Crippen LogP contribution in [0, 0.1) is 0 Å². The van der Waals surface area contributed by atoms with Crippen LogP contribution >= 0.6 is 0 Å². The number of pyridine rings is 1. The average molecular weight is 359 g/mol. The Kier molecular flexibility index (Phi) is 4.50. The third kappa shape index (κ3) is 3.24. The smallest absolute Gasteiger partial charge is 0.259 e. The first-order valence-electron chi connectivity index (χ1n) is 8.95. The van der Waals surface area contributed by atoms with Gasteiger partial charge in [-0.25, -0.2) is 4.98 Å². The zero-order valence-electron chi connectivity index (χ0n) is 15.3. The number of anilines is 3. The minimum atomic E-state index is -0.220. The number of nitrogens with one attached hydrogen (secondary N) is 1. The van der Waals surface area contributed by atoms with Crippen molar-refractivity contribution in [2.45, 2.75) is 19.4 Å². The largest absolute Gasteiger partial charge is 0.496 e. The van der Waals surface area contributed by atoms with E-state index >= 15 is 0 Å².